The van der Waals surface area contributed by atoms with Gasteiger partial charge >= 0.3 is 0 Å². The Morgan fingerprint density at radius 1 is 1.50 bits per heavy atom. The van der Waals surface area contributed by atoms with E-state index < -0.39 is 0 Å². The van der Waals surface area contributed by atoms with Gasteiger partial charge in [-0.1, -0.05) is 36.9 Å². The number of hydrogen-bond acceptors (Lipinski definition) is 7. The average Bonchev–Trinajstić information content (AvgIpc) is 3.13. The van der Waals surface area contributed by atoms with Crippen molar-refractivity contribution < 1.29 is 9.21 Å². The molecule has 0 unspecified atom stereocenters. The molecule has 0 saturated carbocycles. The van der Waals surface area contributed by atoms with Crippen molar-refractivity contribution in [2.45, 2.75) is 24.7 Å². The molecule has 2 aromatic rings. The Kier molecular flexibility index (Phi) is 6.26. The van der Waals surface area contributed by atoms with E-state index in [1.54, 1.807) is 18.2 Å². The van der Waals surface area contributed by atoms with Crippen LogP contribution in [0.4, 0.5) is 5.13 Å². The van der Waals surface area contributed by atoms with E-state index in [9.17, 15) is 4.79 Å². The SMILES string of the molecule is CC(C)CNc1nnc(SCC(=O)N(C)Cc2ccco2)s1. The molecule has 1 amide bonds. The van der Waals surface area contributed by atoms with Crippen molar-refractivity contribution in [3.8, 4) is 0 Å². The molecule has 8 heteroatoms. The summed E-state index contributed by atoms with van der Waals surface area (Å²) in [5.41, 5.74) is 0. The smallest absolute Gasteiger partial charge is 0.233 e. The average molecular weight is 340 g/mol. The molecule has 0 fully saturated rings. The summed E-state index contributed by atoms with van der Waals surface area (Å²) in [6.07, 6.45) is 1.61. The molecule has 0 saturated heterocycles. The number of anilines is 1. The third-order valence-corrected chi connectivity index (χ3v) is 4.79. The number of carbonyl (C=O) groups is 1. The van der Waals surface area contributed by atoms with Crippen LogP contribution in [0.5, 0.6) is 0 Å². The second kappa shape index (κ2) is 8.19. The first kappa shape index (κ1) is 16.8. The summed E-state index contributed by atoms with van der Waals surface area (Å²) in [7, 11) is 1.77. The minimum Gasteiger partial charge on any atom is -0.467 e. The molecule has 2 heterocycles. The van der Waals surface area contributed by atoms with E-state index in [2.05, 4.69) is 29.4 Å². The third kappa shape index (κ3) is 5.34. The van der Waals surface area contributed by atoms with E-state index in [4.69, 9.17) is 4.42 Å². The molecule has 0 aromatic carbocycles. The van der Waals surface area contributed by atoms with Gasteiger partial charge in [0.15, 0.2) is 4.34 Å². The molecule has 120 valence electrons. The molecule has 0 spiro atoms. The highest BCUT2D eigenvalue weighted by Crippen LogP contribution is 2.25. The van der Waals surface area contributed by atoms with E-state index in [0.29, 0.717) is 18.2 Å². The van der Waals surface area contributed by atoms with Crippen LogP contribution >= 0.6 is 23.1 Å². The van der Waals surface area contributed by atoms with Gasteiger partial charge in [0, 0.05) is 13.6 Å². The molecule has 22 heavy (non-hydrogen) atoms. The van der Waals surface area contributed by atoms with Crippen LogP contribution < -0.4 is 5.32 Å². The zero-order chi connectivity index (χ0) is 15.9. The molecule has 0 bridgehead atoms. The zero-order valence-electron chi connectivity index (χ0n) is 12.9. The first-order chi connectivity index (χ1) is 10.5. The van der Waals surface area contributed by atoms with Crippen molar-refractivity contribution in [1.29, 1.82) is 0 Å². The normalized spacial score (nSPS) is 10.9. The second-order valence-electron chi connectivity index (χ2n) is 5.27. The number of thioether (sulfide) groups is 1. The lowest BCUT2D eigenvalue weighted by atomic mass is 10.2. The maximum Gasteiger partial charge on any atom is 0.233 e. The van der Waals surface area contributed by atoms with Crippen LogP contribution in [0, 0.1) is 5.92 Å². The number of hydrogen-bond donors (Lipinski definition) is 1. The van der Waals surface area contributed by atoms with Gasteiger partial charge in [-0.3, -0.25) is 4.79 Å². The predicted molar refractivity (Wildman–Crippen MR) is 89.1 cm³/mol. The van der Waals surface area contributed by atoms with E-state index in [1.165, 1.54) is 23.1 Å². The molecule has 2 aromatic heterocycles. The van der Waals surface area contributed by atoms with Gasteiger partial charge in [0.1, 0.15) is 5.76 Å². The fourth-order valence-corrected chi connectivity index (χ4v) is 3.29. The molecule has 1 N–H and O–H groups in total. The molecule has 0 aliphatic heterocycles. The maximum atomic E-state index is 12.1. The minimum atomic E-state index is 0.0355. The van der Waals surface area contributed by atoms with Gasteiger partial charge in [0.25, 0.3) is 0 Å². The van der Waals surface area contributed by atoms with Crippen molar-refractivity contribution >= 4 is 34.1 Å². The predicted octanol–water partition coefficient (Wildman–Crippen LogP) is 2.95. The van der Waals surface area contributed by atoms with Gasteiger partial charge in [-0.15, -0.1) is 10.2 Å². The molecule has 0 atom stereocenters. The first-order valence-corrected chi connectivity index (χ1v) is 8.81. The van der Waals surface area contributed by atoms with Gasteiger partial charge in [-0.05, 0) is 18.1 Å². The number of amides is 1. The topological polar surface area (TPSA) is 71.3 Å². The first-order valence-electron chi connectivity index (χ1n) is 7.01. The number of nitrogens with one attached hydrogen (secondary N) is 1. The Hall–Kier alpha value is -1.54. The fraction of sp³-hybridized carbons (Fsp3) is 0.500. The van der Waals surface area contributed by atoms with Crippen LogP contribution in [-0.4, -0.2) is 40.3 Å². The summed E-state index contributed by atoms with van der Waals surface area (Å²) < 4.78 is 6.03. The van der Waals surface area contributed by atoms with Gasteiger partial charge < -0.3 is 14.6 Å². The molecule has 0 radical (unpaired) electrons. The van der Waals surface area contributed by atoms with Crippen LogP contribution in [0.25, 0.3) is 0 Å². The Morgan fingerprint density at radius 3 is 3.00 bits per heavy atom. The Balaban J connectivity index is 1.76. The summed E-state index contributed by atoms with van der Waals surface area (Å²) >= 11 is 2.88. The lowest BCUT2D eigenvalue weighted by Crippen LogP contribution is -2.27. The fourth-order valence-electron chi connectivity index (χ4n) is 1.59. The highest BCUT2D eigenvalue weighted by atomic mass is 32.2. The van der Waals surface area contributed by atoms with Crippen molar-refractivity contribution in [3.63, 3.8) is 0 Å². The van der Waals surface area contributed by atoms with Crippen LogP contribution in [0.1, 0.15) is 19.6 Å². The number of aromatic nitrogens is 2. The summed E-state index contributed by atoms with van der Waals surface area (Å²) in [6.45, 7) is 5.61. The van der Waals surface area contributed by atoms with Crippen LogP contribution in [-0.2, 0) is 11.3 Å². The van der Waals surface area contributed by atoms with Crippen molar-refractivity contribution in [2.75, 3.05) is 24.7 Å². The minimum absolute atomic E-state index is 0.0355. The number of rotatable bonds is 8. The van der Waals surface area contributed by atoms with Crippen LogP contribution in [0.2, 0.25) is 0 Å². The maximum absolute atomic E-state index is 12.1. The summed E-state index contributed by atoms with van der Waals surface area (Å²) in [6, 6.07) is 3.67. The lowest BCUT2D eigenvalue weighted by Gasteiger charge is -2.14. The van der Waals surface area contributed by atoms with Crippen LogP contribution in [0.15, 0.2) is 27.2 Å². The number of nitrogens with zero attached hydrogens (tertiary/aromatic N) is 3. The van der Waals surface area contributed by atoms with Gasteiger partial charge in [-0.2, -0.15) is 0 Å². The highest BCUT2D eigenvalue weighted by Gasteiger charge is 2.13. The van der Waals surface area contributed by atoms with Gasteiger partial charge in [-0.25, -0.2) is 0 Å². The third-order valence-electron chi connectivity index (χ3n) is 2.79. The Morgan fingerprint density at radius 2 is 2.32 bits per heavy atom. The molecule has 2 rings (SSSR count). The molecular weight excluding hydrogens is 320 g/mol. The Bertz CT molecular complexity index is 583. The van der Waals surface area contributed by atoms with E-state index in [0.717, 1.165) is 21.8 Å². The summed E-state index contributed by atoms with van der Waals surface area (Å²) in [4.78, 5) is 13.7. The molecular formula is C14H20N4O2S2. The van der Waals surface area contributed by atoms with Crippen LogP contribution in [0.3, 0.4) is 0 Å². The Labute approximate surface area is 138 Å². The van der Waals surface area contributed by atoms with E-state index >= 15 is 0 Å². The second-order valence-corrected chi connectivity index (χ2v) is 7.47. The summed E-state index contributed by atoms with van der Waals surface area (Å²) in [5.74, 6) is 1.71. The van der Waals surface area contributed by atoms with Crippen molar-refractivity contribution in [1.82, 2.24) is 15.1 Å². The van der Waals surface area contributed by atoms with E-state index in [-0.39, 0.29) is 5.91 Å². The number of furan rings is 1. The van der Waals surface area contributed by atoms with Crippen molar-refractivity contribution in [3.05, 3.63) is 24.2 Å². The quantitative estimate of drug-likeness (QED) is 0.745. The van der Waals surface area contributed by atoms with Gasteiger partial charge in [0.05, 0.1) is 18.6 Å². The largest absolute Gasteiger partial charge is 0.467 e. The summed E-state index contributed by atoms with van der Waals surface area (Å²) in [5, 5.41) is 12.2. The highest BCUT2D eigenvalue weighted by molar-refractivity contribution is 8.01. The van der Waals surface area contributed by atoms with Crippen molar-refractivity contribution in [2.24, 2.45) is 5.92 Å². The lowest BCUT2D eigenvalue weighted by molar-refractivity contribution is -0.127. The zero-order valence-corrected chi connectivity index (χ0v) is 14.5. The molecule has 0 aliphatic carbocycles. The van der Waals surface area contributed by atoms with Gasteiger partial charge in [0.2, 0.25) is 11.0 Å². The number of carbonyl (C=O) groups excluding carboxylic acids is 1. The standard InChI is InChI=1S/C14H20N4O2S2/c1-10(2)7-15-13-16-17-14(22-13)21-9-12(19)18(3)8-11-5-4-6-20-11/h4-6,10H,7-9H2,1-3H3,(H,15,16). The molecule has 0 aliphatic rings. The monoisotopic (exact) mass is 340 g/mol. The van der Waals surface area contributed by atoms with E-state index in [1.807, 2.05) is 12.1 Å². The molecule has 6 nitrogen and oxygen atoms in total.